The highest BCUT2D eigenvalue weighted by atomic mass is 16.2. The number of imide groups is 1. The Bertz CT molecular complexity index is 554. The monoisotopic (exact) mass is 364 g/mol. The number of piperazine rings is 1. The van der Waals surface area contributed by atoms with E-state index < -0.39 is 5.54 Å². The largest absolute Gasteiger partial charge is 0.326 e. The third kappa shape index (κ3) is 4.06. The highest BCUT2D eigenvalue weighted by molar-refractivity contribution is 6.07. The Balaban J connectivity index is 1.62. The Kier molecular flexibility index (Phi) is 5.37. The van der Waals surface area contributed by atoms with E-state index in [-0.39, 0.29) is 17.4 Å². The maximum atomic E-state index is 13.2. The van der Waals surface area contributed by atoms with E-state index in [1.807, 2.05) is 0 Å². The molecule has 6 heteroatoms. The van der Waals surface area contributed by atoms with E-state index in [1.165, 1.54) is 4.90 Å². The van der Waals surface area contributed by atoms with Gasteiger partial charge < -0.3 is 10.2 Å². The lowest BCUT2D eigenvalue weighted by molar-refractivity contribution is -0.136. The molecule has 2 unspecified atom stereocenters. The van der Waals surface area contributed by atoms with Crippen molar-refractivity contribution < 1.29 is 9.59 Å². The van der Waals surface area contributed by atoms with E-state index in [1.54, 1.807) is 0 Å². The number of hydrogen-bond acceptors (Lipinski definition) is 4. The van der Waals surface area contributed by atoms with Gasteiger partial charge in [-0.3, -0.25) is 9.69 Å². The predicted molar refractivity (Wildman–Crippen MR) is 103 cm³/mol. The van der Waals surface area contributed by atoms with Gasteiger partial charge in [0.1, 0.15) is 5.54 Å². The third-order valence-electron chi connectivity index (χ3n) is 6.05. The zero-order chi connectivity index (χ0) is 19.1. The van der Waals surface area contributed by atoms with Crippen molar-refractivity contribution in [3.63, 3.8) is 0 Å². The van der Waals surface area contributed by atoms with Crippen LogP contribution < -0.4 is 5.32 Å². The van der Waals surface area contributed by atoms with Gasteiger partial charge in [-0.15, -0.1) is 0 Å². The zero-order valence-electron chi connectivity index (χ0n) is 17.2. The molecule has 1 spiro atoms. The topological polar surface area (TPSA) is 55.9 Å². The number of carbonyl (C=O) groups excluding carboxylic acids is 2. The molecule has 0 aromatic carbocycles. The first-order chi connectivity index (χ1) is 12.1. The summed E-state index contributed by atoms with van der Waals surface area (Å²) in [7, 11) is 0. The number of hydrogen-bond donors (Lipinski definition) is 1. The summed E-state index contributed by atoms with van der Waals surface area (Å²) < 4.78 is 0. The van der Waals surface area contributed by atoms with Crippen LogP contribution in [-0.2, 0) is 4.79 Å². The SMILES string of the molecule is CC(C)CN1CCN(CN2C(=O)NC3(CC(C)CC(C)(C)C3)C2=O)CC1. The Hall–Kier alpha value is -1.14. The smallest absolute Gasteiger partial charge is 0.323 e. The van der Waals surface area contributed by atoms with Crippen LogP contribution in [0.4, 0.5) is 4.79 Å². The van der Waals surface area contributed by atoms with Crippen molar-refractivity contribution >= 4 is 11.9 Å². The second-order valence-electron chi connectivity index (χ2n) is 10.1. The number of carbonyl (C=O) groups is 2. The van der Waals surface area contributed by atoms with Crippen molar-refractivity contribution in [1.82, 2.24) is 20.0 Å². The van der Waals surface area contributed by atoms with Gasteiger partial charge in [0.2, 0.25) is 0 Å². The first-order valence-electron chi connectivity index (χ1n) is 10.2. The average molecular weight is 365 g/mol. The normalized spacial score (nSPS) is 33.3. The molecule has 2 atom stereocenters. The number of amides is 3. The fraction of sp³-hybridized carbons (Fsp3) is 0.900. The van der Waals surface area contributed by atoms with E-state index in [9.17, 15) is 9.59 Å². The molecule has 3 amide bonds. The molecule has 2 heterocycles. The quantitative estimate of drug-likeness (QED) is 0.778. The van der Waals surface area contributed by atoms with Crippen LogP contribution in [0.2, 0.25) is 0 Å². The minimum Gasteiger partial charge on any atom is -0.323 e. The molecule has 2 aliphatic heterocycles. The van der Waals surface area contributed by atoms with Gasteiger partial charge >= 0.3 is 6.03 Å². The van der Waals surface area contributed by atoms with Crippen LogP contribution in [0.25, 0.3) is 0 Å². The van der Waals surface area contributed by atoms with E-state index >= 15 is 0 Å². The summed E-state index contributed by atoms with van der Waals surface area (Å²) in [5.74, 6) is 1.11. The van der Waals surface area contributed by atoms with Crippen molar-refractivity contribution in [2.75, 3.05) is 39.4 Å². The van der Waals surface area contributed by atoms with Crippen molar-refractivity contribution in [3.05, 3.63) is 0 Å². The van der Waals surface area contributed by atoms with E-state index in [0.29, 0.717) is 18.5 Å². The Morgan fingerprint density at radius 2 is 1.69 bits per heavy atom. The molecule has 0 bridgehead atoms. The van der Waals surface area contributed by atoms with Gasteiger partial charge in [0.25, 0.3) is 5.91 Å². The molecule has 3 rings (SSSR count). The molecule has 148 valence electrons. The van der Waals surface area contributed by atoms with Crippen molar-refractivity contribution in [2.45, 2.75) is 59.4 Å². The van der Waals surface area contributed by atoms with Crippen LogP contribution >= 0.6 is 0 Å². The lowest BCUT2D eigenvalue weighted by atomic mass is 9.64. The lowest BCUT2D eigenvalue weighted by Gasteiger charge is -2.44. The summed E-state index contributed by atoms with van der Waals surface area (Å²) >= 11 is 0. The van der Waals surface area contributed by atoms with Crippen LogP contribution in [0.5, 0.6) is 0 Å². The lowest BCUT2D eigenvalue weighted by Crippen LogP contribution is -2.55. The maximum Gasteiger partial charge on any atom is 0.326 e. The zero-order valence-corrected chi connectivity index (χ0v) is 17.2. The van der Waals surface area contributed by atoms with Gasteiger partial charge in [0.05, 0.1) is 6.67 Å². The molecule has 3 fully saturated rings. The van der Waals surface area contributed by atoms with Crippen LogP contribution in [0.1, 0.15) is 53.9 Å². The van der Waals surface area contributed by atoms with Crippen molar-refractivity contribution in [1.29, 1.82) is 0 Å². The van der Waals surface area contributed by atoms with Gasteiger partial charge in [-0.25, -0.2) is 9.69 Å². The second-order valence-corrected chi connectivity index (χ2v) is 10.1. The Morgan fingerprint density at radius 3 is 2.27 bits per heavy atom. The Labute approximate surface area is 158 Å². The van der Waals surface area contributed by atoms with Gasteiger partial charge in [0, 0.05) is 32.7 Å². The van der Waals surface area contributed by atoms with Gasteiger partial charge in [-0.1, -0.05) is 34.6 Å². The molecular formula is C20H36N4O2. The molecule has 1 saturated carbocycles. The number of urea groups is 1. The Morgan fingerprint density at radius 1 is 1.08 bits per heavy atom. The van der Waals surface area contributed by atoms with Crippen LogP contribution in [0.3, 0.4) is 0 Å². The summed E-state index contributed by atoms with van der Waals surface area (Å²) in [6.45, 7) is 16.5. The fourth-order valence-corrected chi connectivity index (χ4v) is 5.46. The number of rotatable bonds is 4. The summed E-state index contributed by atoms with van der Waals surface area (Å²) in [6.07, 6.45) is 2.61. The molecule has 2 saturated heterocycles. The van der Waals surface area contributed by atoms with E-state index in [4.69, 9.17) is 0 Å². The summed E-state index contributed by atoms with van der Waals surface area (Å²) in [5.41, 5.74) is -0.600. The van der Waals surface area contributed by atoms with Gasteiger partial charge in [0.15, 0.2) is 0 Å². The fourth-order valence-electron chi connectivity index (χ4n) is 5.46. The highest BCUT2D eigenvalue weighted by Gasteiger charge is 2.56. The van der Waals surface area contributed by atoms with Crippen LogP contribution in [0, 0.1) is 17.3 Å². The summed E-state index contributed by atoms with van der Waals surface area (Å²) in [4.78, 5) is 32.0. The minimum absolute atomic E-state index is 0.00765. The van der Waals surface area contributed by atoms with Crippen LogP contribution in [-0.4, -0.2) is 71.6 Å². The number of nitrogens with one attached hydrogen (secondary N) is 1. The minimum atomic E-state index is -0.683. The van der Waals surface area contributed by atoms with E-state index in [0.717, 1.165) is 52.0 Å². The van der Waals surface area contributed by atoms with Gasteiger partial charge in [-0.2, -0.15) is 0 Å². The summed E-state index contributed by atoms with van der Waals surface area (Å²) in [5, 5.41) is 3.08. The van der Waals surface area contributed by atoms with E-state index in [2.05, 4.69) is 49.7 Å². The third-order valence-corrected chi connectivity index (χ3v) is 6.05. The van der Waals surface area contributed by atoms with Crippen molar-refractivity contribution in [2.24, 2.45) is 17.3 Å². The highest BCUT2D eigenvalue weighted by Crippen LogP contribution is 2.46. The number of nitrogens with zero attached hydrogens (tertiary/aromatic N) is 3. The summed E-state index contributed by atoms with van der Waals surface area (Å²) in [6, 6.07) is -0.204. The molecule has 26 heavy (non-hydrogen) atoms. The molecule has 0 aromatic heterocycles. The standard InChI is InChI=1S/C20H36N4O2/c1-15(2)12-22-6-8-23(9-7-22)14-24-17(25)20(21-18(24)26)11-16(3)10-19(4,5)13-20/h15-16H,6-14H2,1-5H3,(H,21,26). The first-order valence-corrected chi connectivity index (χ1v) is 10.2. The molecule has 0 aromatic rings. The first kappa shape index (κ1) is 19.6. The molecule has 3 aliphatic rings. The molecular weight excluding hydrogens is 328 g/mol. The van der Waals surface area contributed by atoms with Gasteiger partial charge in [-0.05, 0) is 36.5 Å². The molecule has 1 N–H and O–H groups in total. The second kappa shape index (κ2) is 7.12. The molecule has 0 radical (unpaired) electrons. The van der Waals surface area contributed by atoms with Crippen LogP contribution in [0.15, 0.2) is 0 Å². The molecule has 6 nitrogen and oxygen atoms in total. The average Bonchev–Trinajstić information content (AvgIpc) is 2.70. The predicted octanol–water partition coefficient (Wildman–Crippen LogP) is 2.35. The maximum absolute atomic E-state index is 13.2. The molecule has 1 aliphatic carbocycles. The van der Waals surface area contributed by atoms with Crippen molar-refractivity contribution in [3.8, 4) is 0 Å².